The van der Waals surface area contributed by atoms with Gasteiger partial charge in [0.15, 0.2) is 0 Å². The molecule has 2 atom stereocenters. The van der Waals surface area contributed by atoms with Crippen molar-refractivity contribution in [3.05, 3.63) is 0 Å². The maximum atomic E-state index is 12.3. The third-order valence-electron chi connectivity index (χ3n) is 3.26. The summed E-state index contributed by atoms with van der Waals surface area (Å²) in [6, 6.07) is -0.439. The molecule has 1 nitrogen and oxygen atoms in total. The quantitative estimate of drug-likeness (QED) is 0.743. The fraction of sp³-hybridized carbons (Fsp3) is 1.00. The summed E-state index contributed by atoms with van der Waals surface area (Å²) in [5.74, 6) is 0.602. The normalized spacial score (nSPS) is 23.8. The van der Waals surface area contributed by atoms with Crippen LogP contribution < -0.4 is 5.32 Å². The van der Waals surface area contributed by atoms with E-state index in [1.807, 2.05) is 6.92 Å². The number of halogens is 2. The first-order chi connectivity index (χ1) is 6.61. The largest absolute Gasteiger partial charge is 0.306 e. The minimum Gasteiger partial charge on any atom is -0.306 e. The third-order valence-corrected chi connectivity index (χ3v) is 3.26. The van der Waals surface area contributed by atoms with Crippen LogP contribution in [-0.2, 0) is 0 Å². The van der Waals surface area contributed by atoms with Crippen LogP contribution in [-0.4, -0.2) is 18.5 Å². The summed E-state index contributed by atoms with van der Waals surface area (Å²) >= 11 is 0. The Morgan fingerprint density at radius 3 is 2.14 bits per heavy atom. The SMILES string of the molecule is CC(NC(C)C1CCCCC1)C(F)F. The monoisotopic (exact) mass is 205 g/mol. The minimum atomic E-state index is -2.25. The molecule has 3 heteroatoms. The summed E-state index contributed by atoms with van der Waals surface area (Å²) in [6.07, 6.45) is 3.99. The molecule has 0 radical (unpaired) electrons. The van der Waals surface area contributed by atoms with Gasteiger partial charge >= 0.3 is 0 Å². The Kier molecular flexibility index (Phi) is 4.79. The van der Waals surface area contributed by atoms with Crippen molar-refractivity contribution in [2.24, 2.45) is 5.92 Å². The first kappa shape index (κ1) is 11.9. The first-order valence-corrected chi connectivity index (χ1v) is 5.65. The summed E-state index contributed by atoms with van der Waals surface area (Å²) in [5.41, 5.74) is 0. The number of alkyl halides is 2. The summed E-state index contributed by atoms with van der Waals surface area (Å²) in [6.45, 7) is 3.60. The van der Waals surface area contributed by atoms with Gasteiger partial charge in [0, 0.05) is 6.04 Å². The fourth-order valence-electron chi connectivity index (χ4n) is 2.26. The van der Waals surface area contributed by atoms with Gasteiger partial charge in [-0.1, -0.05) is 19.3 Å². The van der Waals surface area contributed by atoms with Crippen molar-refractivity contribution in [1.29, 1.82) is 0 Å². The molecule has 0 bridgehead atoms. The van der Waals surface area contributed by atoms with E-state index in [1.165, 1.54) is 32.1 Å². The average molecular weight is 205 g/mol. The zero-order valence-corrected chi connectivity index (χ0v) is 9.10. The van der Waals surface area contributed by atoms with Crippen molar-refractivity contribution in [3.8, 4) is 0 Å². The molecule has 0 saturated heterocycles. The molecule has 1 aliphatic rings. The predicted molar refractivity (Wildman–Crippen MR) is 54.6 cm³/mol. The summed E-state index contributed by atoms with van der Waals surface area (Å²) in [7, 11) is 0. The van der Waals surface area contributed by atoms with Crippen molar-refractivity contribution in [2.75, 3.05) is 0 Å². The molecule has 0 aromatic carbocycles. The van der Waals surface area contributed by atoms with Crippen molar-refractivity contribution in [3.63, 3.8) is 0 Å². The smallest absolute Gasteiger partial charge is 0.253 e. The number of hydrogen-bond acceptors (Lipinski definition) is 1. The zero-order chi connectivity index (χ0) is 10.6. The lowest BCUT2D eigenvalue weighted by molar-refractivity contribution is 0.0932. The number of hydrogen-bond donors (Lipinski definition) is 1. The molecule has 2 unspecified atom stereocenters. The Bertz CT molecular complexity index is 155. The van der Waals surface area contributed by atoms with Gasteiger partial charge in [-0.05, 0) is 32.6 Å². The molecule has 1 N–H and O–H groups in total. The van der Waals surface area contributed by atoms with E-state index in [-0.39, 0.29) is 6.04 Å². The second-order valence-corrected chi connectivity index (χ2v) is 4.48. The molecule has 0 aliphatic heterocycles. The Labute approximate surface area is 85.3 Å². The second-order valence-electron chi connectivity index (χ2n) is 4.48. The molecule has 14 heavy (non-hydrogen) atoms. The van der Waals surface area contributed by atoms with Crippen LogP contribution in [0.5, 0.6) is 0 Å². The highest BCUT2D eigenvalue weighted by atomic mass is 19.3. The highest BCUT2D eigenvalue weighted by Gasteiger charge is 2.23. The number of rotatable bonds is 4. The summed E-state index contributed by atoms with van der Waals surface area (Å²) in [4.78, 5) is 0. The highest BCUT2D eigenvalue weighted by molar-refractivity contribution is 4.78. The predicted octanol–water partition coefficient (Wildman–Crippen LogP) is 3.20. The van der Waals surface area contributed by atoms with Crippen LogP contribution in [0.1, 0.15) is 46.0 Å². The van der Waals surface area contributed by atoms with Gasteiger partial charge in [-0.15, -0.1) is 0 Å². The maximum Gasteiger partial charge on any atom is 0.253 e. The van der Waals surface area contributed by atoms with E-state index >= 15 is 0 Å². The van der Waals surface area contributed by atoms with Gasteiger partial charge in [-0.2, -0.15) is 0 Å². The van der Waals surface area contributed by atoms with E-state index in [1.54, 1.807) is 6.92 Å². The van der Waals surface area contributed by atoms with Crippen molar-refractivity contribution in [1.82, 2.24) is 5.32 Å². The topological polar surface area (TPSA) is 12.0 Å². The molecule has 1 aliphatic carbocycles. The molecular weight excluding hydrogens is 184 g/mol. The van der Waals surface area contributed by atoms with Crippen LogP contribution in [0, 0.1) is 5.92 Å². The lowest BCUT2D eigenvalue weighted by Crippen LogP contribution is -2.43. The Balaban J connectivity index is 2.28. The number of nitrogens with one attached hydrogen (secondary N) is 1. The Morgan fingerprint density at radius 2 is 1.64 bits per heavy atom. The van der Waals surface area contributed by atoms with E-state index in [4.69, 9.17) is 0 Å². The molecule has 1 saturated carbocycles. The molecule has 0 heterocycles. The van der Waals surface area contributed by atoms with Crippen LogP contribution in [0.3, 0.4) is 0 Å². The van der Waals surface area contributed by atoms with E-state index < -0.39 is 12.5 Å². The molecule has 0 aromatic heterocycles. The maximum absolute atomic E-state index is 12.3. The van der Waals surface area contributed by atoms with Gasteiger partial charge in [-0.3, -0.25) is 0 Å². The van der Waals surface area contributed by atoms with Gasteiger partial charge in [-0.25, -0.2) is 8.78 Å². The van der Waals surface area contributed by atoms with Crippen LogP contribution in [0.2, 0.25) is 0 Å². The van der Waals surface area contributed by atoms with Gasteiger partial charge in [0.1, 0.15) is 0 Å². The molecule has 0 spiro atoms. The Morgan fingerprint density at radius 1 is 1.07 bits per heavy atom. The standard InChI is InChI=1S/C11H21F2N/c1-8(14-9(2)11(12)13)10-6-4-3-5-7-10/h8-11,14H,3-7H2,1-2H3. The second kappa shape index (κ2) is 5.64. The first-order valence-electron chi connectivity index (χ1n) is 5.65. The van der Waals surface area contributed by atoms with Gasteiger partial charge < -0.3 is 5.32 Å². The lowest BCUT2D eigenvalue weighted by Gasteiger charge is -2.30. The van der Waals surface area contributed by atoms with Crippen LogP contribution in [0.25, 0.3) is 0 Å². The van der Waals surface area contributed by atoms with Crippen molar-refractivity contribution >= 4 is 0 Å². The van der Waals surface area contributed by atoms with Gasteiger partial charge in [0.25, 0.3) is 6.43 Å². The van der Waals surface area contributed by atoms with Gasteiger partial charge in [0.2, 0.25) is 0 Å². The van der Waals surface area contributed by atoms with E-state index in [9.17, 15) is 8.78 Å². The minimum absolute atomic E-state index is 0.235. The van der Waals surface area contributed by atoms with Crippen LogP contribution in [0.4, 0.5) is 8.78 Å². The zero-order valence-electron chi connectivity index (χ0n) is 9.10. The highest BCUT2D eigenvalue weighted by Crippen LogP contribution is 2.26. The molecule has 1 rings (SSSR count). The molecule has 0 aromatic rings. The van der Waals surface area contributed by atoms with Gasteiger partial charge in [0.05, 0.1) is 6.04 Å². The fourth-order valence-corrected chi connectivity index (χ4v) is 2.26. The molecule has 0 amide bonds. The Hall–Kier alpha value is -0.180. The lowest BCUT2D eigenvalue weighted by atomic mass is 9.84. The van der Waals surface area contributed by atoms with Crippen molar-refractivity contribution in [2.45, 2.75) is 64.5 Å². The average Bonchev–Trinajstić information content (AvgIpc) is 2.19. The van der Waals surface area contributed by atoms with Crippen LogP contribution in [0.15, 0.2) is 0 Å². The molecular formula is C11H21F2N. The van der Waals surface area contributed by atoms with E-state index in [0.29, 0.717) is 5.92 Å². The summed E-state index contributed by atoms with van der Waals surface area (Å²) in [5, 5.41) is 3.00. The molecule has 1 fully saturated rings. The summed E-state index contributed by atoms with van der Waals surface area (Å²) < 4.78 is 24.6. The third kappa shape index (κ3) is 3.52. The van der Waals surface area contributed by atoms with E-state index in [2.05, 4.69) is 5.32 Å². The molecule has 84 valence electrons. The van der Waals surface area contributed by atoms with E-state index in [0.717, 1.165) is 0 Å². The van der Waals surface area contributed by atoms with Crippen molar-refractivity contribution < 1.29 is 8.78 Å². The van der Waals surface area contributed by atoms with Crippen LogP contribution >= 0.6 is 0 Å².